The van der Waals surface area contributed by atoms with Crippen molar-refractivity contribution in [1.82, 2.24) is 0 Å². The summed E-state index contributed by atoms with van der Waals surface area (Å²) in [4.78, 5) is 10.2. The third-order valence-electron chi connectivity index (χ3n) is 0.570. The zero-order chi connectivity index (χ0) is 6.41. The topological polar surface area (TPSA) is 26.3 Å². The van der Waals surface area contributed by atoms with Crippen molar-refractivity contribution < 1.29 is 9.53 Å². The quantitative estimate of drug-likeness (QED) is 0.368. The molecule has 0 aromatic carbocycles. The Morgan fingerprint density at radius 1 is 1.88 bits per heavy atom. The summed E-state index contributed by atoms with van der Waals surface area (Å²) in [5.74, 6) is 4.70. The first-order valence-corrected chi connectivity index (χ1v) is 2.15. The first kappa shape index (κ1) is 7.03. The van der Waals surface area contributed by atoms with E-state index in [-0.39, 0.29) is 12.4 Å². The van der Waals surface area contributed by atoms with Crippen molar-refractivity contribution in [2.45, 2.75) is 13.3 Å². The zero-order valence-electron chi connectivity index (χ0n) is 4.73. The molecule has 0 aliphatic rings. The summed E-state index contributed by atoms with van der Waals surface area (Å²) >= 11 is 0. The van der Waals surface area contributed by atoms with E-state index in [0.29, 0.717) is 0 Å². The van der Waals surface area contributed by atoms with E-state index >= 15 is 0 Å². The smallest absolute Gasteiger partial charge is 0.318 e. The van der Waals surface area contributed by atoms with Gasteiger partial charge in [-0.15, -0.1) is 5.92 Å². The molecular formula is C6H7O2. The van der Waals surface area contributed by atoms with Gasteiger partial charge in [0.2, 0.25) is 0 Å². The first-order chi connectivity index (χ1) is 3.81. The Hall–Kier alpha value is -0.970. The molecule has 0 aromatic rings. The van der Waals surface area contributed by atoms with Crippen molar-refractivity contribution in [2.75, 3.05) is 0 Å². The molecule has 0 rings (SSSR count). The van der Waals surface area contributed by atoms with Crippen molar-refractivity contribution in [3.05, 3.63) is 7.11 Å². The number of ether oxygens (including phenoxy) is 1. The number of esters is 1. The van der Waals surface area contributed by atoms with Crippen LogP contribution in [0, 0.1) is 19.0 Å². The second kappa shape index (κ2) is 4.20. The Balaban J connectivity index is 3.35. The highest BCUT2D eigenvalue weighted by Gasteiger charge is 1.91. The highest BCUT2D eigenvalue weighted by atomic mass is 16.5. The van der Waals surface area contributed by atoms with Gasteiger partial charge in [-0.3, -0.25) is 4.79 Å². The Bertz CT molecular complexity index is 127. The van der Waals surface area contributed by atoms with Gasteiger partial charge in [-0.05, 0) is 6.92 Å². The second-order valence-corrected chi connectivity index (χ2v) is 1.12. The van der Waals surface area contributed by atoms with Gasteiger partial charge < -0.3 is 4.74 Å². The predicted octanol–water partition coefficient (Wildman–Crippen LogP) is 0.735. The molecule has 0 amide bonds. The lowest BCUT2D eigenvalue weighted by atomic mass is 10.4. The molecule has 1 radical (unpaired) electrons. The van der Waals surface area contributed by atoms with Gasteiger partial charge >= 0.3 is 5.97 Å². The average Bonchev–Trinajstić information content (AvgIpc) is 1.83. The minimum atomic E-state index is -0.389. The Labute approximate surface area is 48.8 Å². The Kier molecular flexibility index (Phi) is 3.69. The Morgan fingerprint density at radius 2 is 2.50 bits per heavy atom. The first-order valence-electron chi connectivity index (χ1n) is 2.15. The summed E-state index contributed by atoms with van der Waals surface area (Å²) < 4.78 is 4.06. The zero-order valence-corrected chi connectivity index (χ0v) is 4.73. The van der Waals surface area contributed by atoms with Crippen LogP contribution in [0.25, 0.3) is 0 Å². The highest BCUT2D eigenvalue weighted by molar-refractivity contribution is 5.72. The van der Waals surface area contributed by atoms with Crippen LogP contribution < -0.4 is 0 Å². The van der Waals surface area contributed by atoms with Gasteiger partial charge in [0.1, 0.15) is 13.5 Å². The fraction of sp³-hybridized carbons (Fsp3) is 0.333. The van der Waals surface area contributed by atoms with Crippen LogP contribution in [-0.4, -0.2) is 5.97 Å². The van der Waals surface area contributed by atoms with Crippen LogP contribution in [0.5, 0.6) is 0 Å². The Morgan fingerprint density at radius 3 is 2.88 bits per heavy atom. The fourth-order valence-electron chi connectivity index (χ4n) is 0.212. The molecule has 0 saturated carbocycles. The molecule has 0 heterocycles. The molecule has 0 fully saturated rings. The normalized spacial score (nSPS) is 6.75. The summed E-state index contributed by atoms with van der Waals surface area (Å²) in [5, 5.41) is 0. The van der Waals surface area contributed by atoms with Crippen molar-refractivity contribution in [2.24, 2.45) is 0 Å². The molecule has 0 spiro atoms. The van der Waals surface area contributed by atoms with E-state index in [9.17, 15) is 4.79 Å². The van der Waals surface area contributed by atoms with Gasteiger partial charge in [0.25, 0.3) is 0 Å². The predicted molar refractivity (Wildman–Crippen MR) is 29.5 cm³/mol. The van der Waals surface area contributed by atoms with Gasteiger partial charge in [-0.2, -0.15) is 0 Å². The molecule has 2 nitrogen and oxygen atoms in total. The lowest BCUT2D eigenvalue weighted by Crippen LogP contribution is -1.94. The summed E-state index contributed by atoms with van der Waals surface area (Å²) in [6.07, 6.45) is 0.139. The van der Waals surface area contributed by atoms with Crippen molar-refractivity contribution in [1.29, 1.82) is 0 Å². The summed E-state index contributed by atoms with van der Waals surface area (Å²) in [5.41, 5.74) is 0. The van der Waals surface area contributed by atoms with E-state index in [1.165, 1.54) is 0 Å². The molecule has 43 valence electrons. The van der Waals surface area contributed by atoms with E-state index in [4.69, 9.17) is 0 Å². The maximum Gasteiger partial charge on any atom is 0.318 e. The molecule has 0 unspecified atom stereocenters. The maximum absolute atomic E-state index is 10.2. The van der Waals surface area contributed by atoms with Gasteiger partial charge in [-0.25, -0.2) is 0 Å². The number of hydrogen-bond acceptors (Lipinski definition) is 2. The second-order valence-electron chi connectivity index (χ2n) is 1.12. The van der Waals surface area contributed by atoms with Gasteiger partial charge in [0.05, 0.1) is 0 Å². The van der Waals surface area contributed by atoms with Crippen LogP contribution in [0.1, 0.15) is 13.3 Å². The van der Waals surface area contributed by atoms with E-state index in [1.807, 2.05) is 0 Å². The van der Waals surface area contributed by atoms with Crippen LogP contribution in [0.2, 0.25) is 0 Å². The van der Waals surface area contributed by atoms with Crippen LogP contribution >= 0.6 is 0 Å². The summed E-state index contributed by atoms with van der Waals surface area (Å²) in [6.45, 7) is 1.66. The monoisotopic (exact) mass is 111 g/mol. The minimum absolute atomic E-state index is 0.139. The molecule has 0 aliphatic heterocycles. The van der Waals surface area contributed by atoms with E-state index in [0.717, 1.165) is 0 Å². The number of carbonyl (C=O) groups excluding carboxylic acids is 1. The van der Waals surface area contributed by atoms with Crippen molar-refractivity contribution >= 4 is 5.97 Å². The number of hydrogen-bond donors (Lipinski definition) is 0. The maximum atomic E-state index is 10.2. The molecule has 2 heteroatoms. The number of carbonyl (C=O) groups is 1. The molecule has 0 atom stereocenters. The standard InChI is InChI=1S/C6H7O2/c1-3-4-5-6(7)8-2/h2,5H2,1H3. The van der Waals surface area contributed by atoms with Gasteiger partial charge in [0, 0.05) is 0 Å². The van der Waals surface area contributed by atoms with E-state index < -0.39 is 0 Å². The van der Waals surface area contributed by atoms with Crippen LogP contribution in [0.4, 0.5) is 0 Å². The third-order valence-corrected chi connectivity index (χ3v) is 0.570. The van der Waals surface area contributed by atoms with Crippen LogP contribution in [0.3, 0.4) is 0 Å². The largest absolute Gasteiger partial charge is 0.461 e. The van der Waals surface area contributed by atoms with Crippen molar-refractivity contribution in [3.63, 3.8) is 0 Å². The molecular weight excluding hydrogens is 104 g/mol. The lowest BCUT2D eigenvalue weighted by Gasteiger charge is -1.86. The average molecular weight is 111 g/mol. The summed E-state index contributed by atoms with van der Waals surface area (Å²) in [7, 11) is 2.92. The van der Waals surface area contributed by atoms with E-state index in [1.54, 1.807) is 6.92 Å². The molecule has 0 saturated heterocycles. The molecule has 0 aliphatic carbocycles. The molecule has 8 heavy (non-hydrogen) atoms. The van der Waals surface area contributed by atoms with Gasteiger partial charge in [-0.1, -0.05) is 5.92 Å². The minimum Gasteiger partial charge on any atom is -0.461 e. The lowest BCUT2D eigenvalue weighted by molar-refractivity contribution is -0.137. The number of rotatable bonds is 1. The van der Waals surface area contributed by atoms with Crippen LogP contribution in [0.15, 0.2) is 0 Å². The highest BCUT2D eigenvalue weighted by Crippen LogP contribution is 1.79. The van der Waals surface area contributed by atoms with E-state index in [2.05, 4.69) is 23.7 Å². The molecule has 0 N–H and O–H groups in total. The summed E-state index contributed by atoms with van der Waals surface area (Å²) in [6, 6.07) is 0. The van der Waals surface area contributed by atoms with Crippen LogP contribution in [-0.2, 0) is 9.53 Å². The van der Waals surface area contributed by atoms with Crippen molar-refractivity contribution in [3.8, 4) is 11.8 Å². The molecule has 0 bridgehead atoms. The SMILES string of the molecule is [CH2]OC(=O)CC#CC. The third kappa shape index (κ3) is 3.23. The van der Waals surface area contributed by atoms with Gasteiger partial charge in [0.15, 0.2) is 0 Å². The fourth-order valence-corrected chi connectivity index (χ4v) is 0.212. The molecule has 0 aromatic heterocycles.